The number of halogens is 1. The van der Waals surface area contributed by atoms with Crippen LogP contribution < -0.4 is 14.7 Å². The van der Waals surface area contributed by atoms with E-state index in [9.17, 15) is 0 Å². The Kier molecular flexibility index (Phi) is 3.32. The van der Waals surface area contributed by atoms with Gasteiger partial charge in [-0.2, -0.15) is 0 Å². The van der Waals surface area contributed by atoms with E-state index >= 15 is 0 Å². The van der Waals surface area contributed by atoms with Crippen LogP contribution in [0.25, 0.3) is 0 Å². The summed E-state index contributed by atoms with van der Waals surface area (Å²) >= 11 is 6.27. The van der Waals surface area contributed by atoms with Crippen molar-refractivity contribution in [3.8, 4) is 0 Å². The van der Waals surface area contributed by atoms with Gasteiger partial charge in [-0.3, -0.25) is 0 Å². The van der Waals surface area contributed by atoms with Crippen molar-refractivity contribution in [2.24, 2.45) is 0 Å². The van der Waals surface area contributed by atoms with Crippen LogP contribution in [0.1, 0.15) is 0 Å². The first-order chi connectivity index (χ1) is 7.25. The van der Waals surface area contributed by atoms with Gasteiger partial charge in [-0.05, 0) is 0 Å². The Labute approximate surface area is 100 Å². The molecule has 0 spiro atoms. The molecule has 0 saturated carbocycles. The van der Waals surface area contributed by atoms with Gasteiger partial charge in [0.25, 0.3) is 0 Å². The first kappa shape index (κ1) is 10.6. The number of hydrogen-bond donors (Lipinski definition) is 1. The van der Waals surface area contributed by atoms with E-state index in [-0.39, 0.29) is 0 Å². The number of nitrogen functional groups attached to an aromatic ring is 1. The molecule has 1 nitrogen and oxygen atoms in total. The standard InChI is InChI=1S/C12H10ClNSe/c13-11-8-10(6-7-12(11)14)15-9-4-2-1-3-5-9/h1-8H,14H2. The minimum atomic E-state index is 0.304. The third kappa shape index (κ3) is 2.75. The van der Waals surface area contributed by atoms with Crippen LogP contribution in [0.2, 0.25) is 5.02 Å². The predicted molar refractivity (Wildman–Crippen MR) is 67.3 cm³/mol. The van der Waals surface area contributed by atoms with E-state index in [4.69, 9.17) is 17.3 Å². The molecule has 0 heterocycles. The van der Waals surface area contributed by atoms with Crippen molar-refractivity contribution >= 4 is 41.2 Å². The summed E-state index contributed by atoms with van der Waals surface area (Å²) in [6, 6.07) is 16.2. The second kappa shape index (κ2) is 4.71. The number of benzene rings is 2. The first-order valence-corrected chi connectivity index (χ1v) is 6.63. The SMILES string of the molecule is Nc1ccc([Se]c2ccccc2)cc1Cl. The summed E-state index contributed by atoms with van der Waals surface area (Å²) in [6.45, 7) is 0. The van der Waals surface area contributed by atoms with Gasteiger partial charge in [0, 0.05) is 0 Å². The fourth-order valence-corrected chi connectivity index (χ4v) is 3.37. The molecule has 0 bridgehead atoms. The fraction of sp³-hybridized carbons (Fsp3) is 0. The Balaban J connectivity index is 2.22. The minimum absolute atomic E-state index is 0.304. The van der Waals surface area contributed by atoms with Crippen LogP contribution in [0.4, 0.5) is 5.69 Å². The normalized spacial score (nSPS) is 10.2. The third-order valence-corrected chi connectivity index (χ3v) is 4.37. The van der Waals surface area contributed by atoms with Gasteiger partial charge in [0.1, 0.15) is 0 Å². The molecule has 2 N–H and O–H groups in total. The molecule has 2 aromatic rings. The van der Waals surface area contributed by atoms with Crippen LogP contribution in [0, 0.1) is 0 Å². The zero-order chi connectivity index (χ0) is 10.7. The molecule has 0 aliphatic heterocycles. The predicted octanol–water partition coefficient (Wildman–Crippen LogP) is 1.58. The number of rotatable bonds is 2. The van der Waals surface area contributed by atoms with Gasteiger partial charge < -0.3 is 0 Å². The van der Waals surface area contributed by atoms with Gasteiger partial charge in [-0.15, -0.1) is 0 Å². The van der Waals surface area contributed by atoms with Crippen molar-refractivity contribution in [1.29, 1.82) is 0 Å². The van der Waals surface area contributed by atoms with Crippen LogP contribution in [-0.2, 0) is 0 Å². The monoisotopic (exact) mass is 283 g/mol. The van der Waals surface area contributed by atoms with Crippen molar-refractivity contribution in [2.45, 2.75) is 0 Å². The van der Waals surface area contributed by atoms with E-state index in [0.29, 0.717) is 25.7 Å². The van der Waals surface area contributed by atoms with Crippen molar-refractivity contribution in [3.63, 3.8) is 0 Å². The molecule has 0 fully saturated rings. The van der Waals surface area contributed by atoms with E-state index in [0.717, 1.165) is 0 Å². The second-order valence-electron chi connectivity index (χ2n) is 3.10. The summed E-state index contributed by atoms with van der Waals surface area (Å²) in [6.07, 6.45) is 0. The Morgan fingerprint density at radius 3 is 2.33 bits per heavy atom. The second-order valence-corrected chi connectivity index (χ2v) is 5.91. The van der Waals surface area contributed by atoms with E-state index in [1.165, 1.54) is 8.92 Å². The quantitative estimate of drug-likeness (QED) is 0.657. The van der Waals surface area contributed by atoms with Crippen LogP contribution >= 0.6 is 11.6 Å². The molecule has 0 amide bonds. The molecule has 0 radical (unpaired) electrons. The molecule has 0 aliphatic rings. The Morgan fingerprint density at radius 2 is 1.67 bits per heavy atom. The molecule has 0 unspecified atom stereocenters. The van der Waals surface area contributed by atoms with Crippen molar-refractivity contribution in [1.82, 2.24) is 0 Å². The fourth-order valence-electron chi connectivity index (χ4n) is 1.20. The number of hydrogen-bond acceptors (Lipinski definition) is 1. The van der Waals surface area contributed by atoms with Crippen molar-refractivity contribution in [2.75, 3.05) is 5.73 Å². The molecular formula is C12H10ClNSe. The maximum atomic E-state index is 5.97. The third-order valence-electron chi connectivity index (χ3n) is 1.95. The van der Waals surface area contributed by atoms with Crippen LogP contribution in [0.15, 0.2) is 48.5 Å². The first-order valence-electron chi connectivity index (χ1n) is 4.53. The van der Waals surface area contributed by atoms with E-state index in [2.05, 4.69) is 24.3 Å². The Bertz CT molecular complexity index is 456. The molecule has 0 aromatic heterocycles. The van der Waals surface area contributed by atoms with Gasteiger partial charge in [0.15, 0.2) is 0 Å². The van der Waals surface area contributed by atoms with Gasteiger partial charge in [-0.25, -0.2) is 0 Å². The average Bonchev–Trinajstić information content (AvgIpc) is 2.25. The molecule has 0 saturated heterocycles. The number of nitrogens with two attached hydrogens (primary N) is 1. The van der Waals surface area contributed by atoms with Gasteiger partial charge in [0.05, 0.1) is 0 Å². The molecule has 76 valence electrons. The van der Waals surface area contributed by atoms with E-state index in [1.807, 2.05) is 24.3 Å². The summed E-state index contributed by atoms with van der Waals surface area (Å²) in [5, 5.41) is 0.644. The molecule has 0 aliphatic carbocycles. The average molecular weight is 283 g/mol. The molecule has 0 atom stereocenters. The van der Waals surface area contributed by atoms with E-state index in [1.54, 1.807) is 0 Å². The van der Waals surface area contributed by atoms with Crippen molar-refractivity contribution < 1.29 is 0 Å². The number of anilines is 1. The van der Waals surface area contributed by atoms with Gasteiger partial charge in [-0.1, -0.05) is 0 Å². The Morgan fingerprint density at radius 1 is 0.933 bits per heavy atom. The van der Waals surface area contributed by atoms with Gasteiger partial charge >= 0.3 is 100 Å². The summed E-state index contributed by atoms with van der Waals surface area (Å²) in [7, 11) is 0. The maximum absolute atomic E-state index is 5.97. The zero-order valence-corrected chi connectivity index (χ0v) is 10.5. The molecular weight excluding hydrogens is 273 g/mol. The van der Waals surface area contributed by atoms with E-state index < -0.39 is 0 Å². The van der Waals surface area contributed by atoms with Crippen LogP contribution in [-0.4, -0.2) is 15.0 Å². The molecule has 3 heteroatoms. The molecule has 2 aromatic carbocycles. The van der Waals surface area contributed by atoms with Crippen LogP contribution in [0.5, 0.6) is 0 Å². The van der Waals surface area contributed by atoms with Gasteiger partial charge in [0.2, 0.25) is 0 Å². The summed E-state index contributed by atoms with van der Waals surface area (Å²) < 4.78 is 2.58. The molecule has 15 heavy (non-hydrogen) atoms. The molecule has 2 rings (SSSR count). The van der Waals surface area contributed by atoms with Crippen LogP contribution in [0.3, 0.4) is 0 Å². The summed E-state index contributed by atoms with van der Waals surface area (Å²) in [4.78, 5) is 0. The summed E-state index contributed by atoms with van der Waals surface area (Å²) in [5.41, 5.74) is 6.30. The zero-order valence-electron chi connectivity index (χ0n) is 7.98. The Hall–Kier alpha value is -0.951. The van der Waals surface area contributed by atoms with Crippen molar-refractivity contribution in [3.05, 3.63) is 53.6 Å². The topological polar surface area (TPSA) is 26.0 Å². The summed E-state index contributed by atoms with van der Waals surface area (Å²) in [5.74, 6) is 0.